The van der Waals surface area contributed by atoms with Crippen molar-refractivity contribution in [3.8, 4) is 0 Å². The van der Waals surface area contributed by atoms with Crippen molar-refractivity contribution in [1.82, 2.24) is 4.90 Å². The summed E-state index contributed by atoms with van der Waals surface area (Å²) in [5, 5.41) is 4.15. The maximum absolute atomic E-state index is 13.9. The van der Waals surface area contributed by atoms with Crippen LogP contribution >= 0.6 is 11.3 Å². The molecular weight excluding hydrogens is 358 g/mol. The van der Waals surface area contributed by atoms with Crippen LogP contribution in [0, 0.1) is 0 Å². The summed E-state index contributed by atoms with van der Waals surface area (Å²) in [5.74, 6) is 0.952. The summed E-state index contributed by atoms with van der Waals surface area (Å²) < 4.78 is 11.1. The van der Waals surface area contributed by atoms with Gasteiger partial charge in [-0.05, 0) is 52.9 Å². The zero-order valence-electron chi connectivity index (χ0n) is 15.2. The van der Waals surface area contributed by atoms with Gasteiger partial charge in [0.15, 0.2) is 0 Å². The van der Waals surface area contributed by atoms with Crippen LogP contribution in [0.5, 0.6) is 0 Å². The Hall–Kier alpha value is -2.37. The number of rotatable bonds is 6. The third kappa shape index (κ3) is 3.84. The van der Waals surface area contributed by atoms with Crippen LogP contribution in [0.25, 0.3) is 0 Å². The normalized spacial score (nSPS) is 16.1. The van der Waals surface area contributed by atoms with Crippen molar-refractivity contribution < 1.29 is 13.9 Å². The Morgan fingerprint density at radius 2 is 1.85 bits per heavy atom. The molecule has 1 aliphatic rings. The zero-order chi connectivity index (χ0) is 18.5. The Morgan fingerprint density at radius 1 is 1.04 bits per heavy atom. The lowest BCUT2D eigenvalue weighted by Crippen LogP contribution is -2.49. The number of carbonyl (C=O) groups excluding carboxylic acids is 1. The quantitative estimate of drug-likeness (QED) is 0.626. The second-order valence-corrected chi connectivity index (χ2v) is 7.71. The lowest BCUT2D eigenvalue weighted by atomic mass is 9.73. The maximum atomic E-state index is 13.9. The summed E-state index contributed by atoms with van der Waals surface area (Å²) in [6.07, 6.45) is 3.06. The van der Waals surface area contributed by atoms with Crippen molar-refractivity contribution in [2.24, 2.45) is 0 Å². The first-order valence-corrected chi connectivity index (χ1v) is 10.2. The van der Waals surface area contributed by atoms with Crippen LogP contribution in [0.1, 0.15) is 29.7 Å². The third-order valence-corrected chi connectivity index (χ3v) is 5.98. The fourth-order valence-electron chi connectivity index (χ4n) is 3.80. The van der Waals surface area contributed by atoms with E-state index in [1.165, 1.54) is 0 Å². The van der Waals surface area contributed by atoms with Gasteiger partial charge in [0.05, 0.1) is 18.2 Å². The molecule has 4 nitrogen and oxygen atoms in total. The summed E-state index contributed by atoms with van der Waals surface area (Å²) in [7, 11) is 0. The van der Waals surface area contributed by atoms with Crippen molar-refractivity contribution in [1.29, 1.82) is 0 Å². The van der Waals surface area contributed by atoms with Crippen molar-refractivity contribution in [3.63, 3.8) is 0 Å². The fraction of sp³-hybridized carbons (Fsp3) is 0.318. The van der Waals surface area contributed by atoms with Crippen LogP contribution < -0.4 is 0 Å². The van der Waals surface area contributed by atoms with E-state index >= 15 is 0 Å². The highest BCUT2D eigenvalue weighted by Gasteiger charge is 2.44. The molecule has 5 heteroatoms. The van der Waals surface area contributed by atoms with Crippen LogP contribution in [0.3, 0.4) is 0 Å². The van der Waals surface area contributed by atoms with Gasteiger partial charge in [0.2, 0.25) is 5.91 Å². The highest BCUT2D eigenvalue weighted by molar-refractivity contribution is 7.07. The van der Waals surface area contributed by atoms with E-state index in [1.807, 2.05) is 40.6 Å². The number of amides is 1. The SMILES string of the molecule is O=C(N(Cc1ccsc1)Cc1ccco1)C1(c2ccccc2)CCOCC1. The van der Waals surface area contributed by atoms with Crippen molar-refractivity contribution in [2.45, 2.75) is 31.3 Å². The highest BCUT2D eigenvalue weighted by Crippen LogP contribution is 2.37. The molecule has 140 valence electrons. The summed E-state index contributed by atoms with van der Waals surface area (Å²) in [4.78, 5) is 15.8. The number of benzene rings is 1. The van der Waals surface area contributed by atoms with Crippen molar-refractivity contribution in [3.05, 3.63) is 82.4 Å². The summed E-state index contributed by atoms with van der Waals surface area (Å²) in [5.41, 5.74) is 1.69. The van der Waals surface area contributed by atoms with Gasteiger partial charge in [0, 0.05) is 19.8 Å². The molecule has 1 amide bonds. The molecule has 1 saturated heterocycles. The van der Waals surface area contributed by atoms with E-state index in [4.69, 9.17) is 9.15 Å². The second-order valence-electron chi connectivity index (χ2n) is 6.93. The fourth-order valence-corrected chi connectivity index (χ4v) is 4.46. The smallest absolute Gasteiger partial charge is 0.234 e. The van der Waals surface area contributed by atoms with Crippen molar-refractivity contribution in [2.75, 3.05) is 13.2 Å². The lowest BCUT2D eigenvalue weighted by Gasteiger charge is -2.40. The first-order chi connectivity index (χ1) is 13.3. The van der Waals surface area contributed by atoms with E-state index in [-0.39, 0.29) is 5.91 Å². The van der Waals surface area contributed by atoms with Crippen LogP contribution in [-0.2, 0) is 28.0 Å². The van der Waals surface area contributed by atoms with Gasteiger partial charge in [-0.3, -0.25) is 4.79 Å². The first-order valence-electron chi connectivity index (χ1n) is 9.24. The molecule has 0 N–H and O–H groups in total. The minimum Gasteiger partial charge on any atom is -0.467 e. The third-order valence-electron chi connectivity index (χ3n) is 5.25. The monoisotopic (exact) mass is 381 g/mol. The predicted octanol–water partition coefficient (Wildman–Crippen LogP) is 4.62. The molecule has 3 heterocycles. The molecule has 1 aromatic carbocycles. The van der Waals surface area contributed by atoms with Gasteiger partial charge >= 0.3 is 0 Å². The van der Waals surface area contributed by atoms with Gasteiger partial charge in [0.1, 0.15) is 5.76 Å². The van der Waals surface area contributed by atoms with E-state index < -0.39 is 5.41 Å². The van der Waals surface area contributed by atoms with Gasteiger partial charge in [-0.2, -0.15) is 11.3 Å². The number of furan rings is 1. The molecule has 4 rings (SSSR count). The molecule has 2 aromatic heterocycles. The zero-order valence-corrected chi connectivity index (χ0v) is 16.0. The van der Waals surface area contributed by atoms with Crippen molar-refractivity contribution >= 4 is 17.2 Å². The van der Waals surface area contributed by atoms with Gasteiger partial charge in [-0.25, -0.2) is 0 Å². The second kappa shape index (κ2) is 8.11. The molecule has 0 unspecified atom stereocenters. The van der Waals surface area contributed by atoms with Gasteiger partial charge < -0.3 is 14.1 Å². The number of ether oxygens (including phenoxy) is 1. The lowest BCUT2D eigenvalue weighted by molar-refractivity contribution is -0.143. The minimum atomic E-state index is -0.540. The molecule has 1 aliphatic heterocycles. The maximum Gasteiger partial charge on any atom is 0.234 e. The first kappa shape index (κ1) is 18.0. The van der Waals surface area contributed by atoms with Gasteiger partial charge in [0.25, 0.3) is 0 Å². The van der Waals surface area contributed by atoms with E-state index in [1.54, 1.807) is 17.6 Å². The molecule has 0 spiro atoms. The minimum absolute atomic E-state index is 0.152. The number of nitrogens with zero attached hydrogens (tertiary/aromatic N) is 1. The average Bonchev–Trinajstić information content (AvgIpc) is 3.42. The molecule has 0 aliphatic carbocycles. The molecule has 27 heavy (non-hydrogen) atoms. The molecule has 0 radical (unpaired) electrons. The molecular formula is C22H23NO3S. The largest absolute Gasteiger partial charge is 0.467 e. The van der Waals surface area contributed by atoms with Gasteiger partial charge in [-0.1, -0.05) is 30.3 Å². The van der Waals surface area contributed by atoms with E-state index in [2.05, 4.69) is 23.6 Å². The summed E-state index contributed by atoms with van der Waals surface area (Å²) in [6, 6.07) is 16.0. The van der Waals surface area contributed by atoms with Crippen LogP contribution in [-0.4, -0.2) is 24.0 Å². The molecule has 0 atom stereocenters. The average molecular weight is 381 g/mol. The number of hydrogen-bond acceptors (Lipinski definition) is 4. The molecule has 3 aromatic rings. The number of carbonyl (C=O) groups is 1. The predicted molar refractivity (Wildman–Crippen MR) is 105 cm³/mol. The van der Waals surface area contributed by atoms with E-state index in [0.29, 0.717) is 39.1 Å². The van der Waals surface area contributed by atoms with Crippen LogP contribution in [0.4, 0.5) is 0 Å². The Morgan fingerprint density at radius 3 is 2.52 bits per heavy atom. The molecule has 0 saturated carbocycles. The summed E-state index contributed by atoms with van der Waals surface area (Å²) >= 11 is 1.65. The summed E-state index contributed by atoms with van der Waals surface area (Å²) in [6.45, 7) is 2.26. The topological polar surface area (TPSA) is 42.7 Å². The van der Waals surface area contributed by atoms with E-state index in [0.717, 1.165) is 16.9 Å². The highest BCUT2D eigenvalue weighted by atomic mass is 32.1. The Kier molecular flexibility index (Phi) is 5.41. The van der Waals surface area contributed by atoms with Gasteiger partial charge in [-0.15, -0.1) is 0 Å². The standard InChI is InChI=1S/C22H23NO3S/c24-21(22(9-12-25-13-10-22)19-5-2-1-3-6-19)23(15-18-8-14-27-17-18)16-20-7-4-11-26-20/h1-8,11,14,17H,9-10,12-13,15-16H2. The Labute approximate surface area is 163 Å². The number of thiophene rings is 1. The Bertz CT molecular complexity index is 801. The van der Waals surface area contributed by atoms with E-state index in [9.17, 15) is 4.79 Å². The Balaban J connectivity index is 1.68. The van der Waals surface area contributed by atoms with Crippen LogP contribution in [0.15, 0.2) is 70.0 Å². The van der Waals surface area contributed by atoms with Crippen LogP contribution in [0.2, 0.25) is 0 Å². The molecule has 1 fully saturated rings. The number of hydrogen-bond donors (Lipinski definition) is 0. The molecule has 0 bridgehead atoms.